The number of hydrogen-bond acceptors (Lipinski definition) is 4. The highest BCUT2D eigenvalue weighted by Crippen LogP contribution is 2.31. The van der Waals surface area contributed by atoms with Gasteiger partial charge in [-0.15, -0.1) is 0 Å². The molecule has 26 heavy (non-hydrogen) atoms. The zero-order chi connectivity index (χ0) is 19.5. The van der Waals surface area contributed by atoms with Gasteiger partial charge in [0, 0.05) is 0 Å². The smallest absolute Gasteiger partial charge is 0.416 e. The van der Waals surface area contributed by atoms with E-state index in [9.17, 15) is 26.4 Å². The molecule has 5 nitrogen and oxygen atoms in total. The highest BCUT2D eigenvalue weighted by atomic mass is 32.2. The summed E-state index contributed by atoms with van der Waals surface area (Å²) < 4.78 is 69.1. The fourth-order valence-corrected chi connectivity index (χ4v) is 3.56. The third-order valence-electron chi connectivity index (χ3n) is 3.59. The number of nitrogens with zero attached hydrogens (tertiary/aromatic N) is 1. The molecular weight excluding hydrogens is 371 g/mol. The first kappa shape index (κ1) is 19.8. The molecule has 0 radical (unpaired) electrons. The zero-order valence-electron chi connectivity index (χ0n) is 13.9. The van der Waals surface area contributed by atoms with E-state index in [0.717, 1.165) is 36.9 Å². The van der Waals surface area contributed by atoms with Crippen LogP contribution in [0.25, 0.3) is 0 Å². The number of alkyl halides is 3. The molecule has 0 bridgehead atoms. The Hall–Kier alpha value is -2.55. The van der Waals surface area contributed by atoms with Crippen molar-refractivity contribution < 1.29 is 31.1 Å². The number of hydrogen-bond donors (Lipinski definition) is 0. The molecule has 0 saturated carbocycles. The van der Waals surface area contributed by atoms with Crippen LogP contribution in [0.1, 0.15) is 11.1 Å². The summed E-state index contributed by atoms with van der Waals surface area (Å²) in [4.78, 5) is 11.6. The summed E-state index contributed by atoms with van der Waals surface area (Å²) >= 11 is 0. The monoisotopic (exact) mass is 387 g/mol. The molecule has 0 aliphatic rings. The number of anilines is 1. The summed E-state index contributed by atoms with van der Waals surface area (Å²) in [5.41, 5.74) is -0.172. The van der Waals surface area contributed by atoms with Gasteiger partial charge in [0.25, 0.3) is 10.0 Å². The van der Waals surface area contributed by atoms with Crippen molar-refractivity contribution in [2.24, 2.45) is 0 Å². The summed E-state index contributed by atoms with van der Waals surface area (Å²) in [7, 11) is -3.08. The largest absolute Gasteiger partial charge is 0.468 e. The Morgan fingerprint density at radius 3 is 2.04 bits per heavy atom. The topological polar surface area (TPSA) is 63.7 Å². The van der Waals surface area contributed by atoms with E-state index >= 15 is 0 Å². The highest BCUT2D eigenvalue weighted by Gasteiger charge is 2.32. The van der Waals surface area contributed by atoms with Crippen LogP contribution in [0.15, 0.2) is 53.4 Å². The maximum Gasteiger partial charge on any atom is 0.416 e. The van der Waals surface area contributed by atoms with Gasteiger partial charge in [-0.3, -0.25) is 9.10 Å². The van der Waals surface area contributed by atoms with Crippen molar-refractivity contribution in [1.29, 1.82) is 0 Å². The number of benzene rings is 2. The van der Waals surface area contributed by atoms with Crippen LogP contribution in [0.3, 0.4) is 0 Å². The van der Waals surface area contributed by atoms with Crippen molar-refractivity contribution >= 4 is 21.7 Å². The minimum atomic E-state index is -4.55. The van der Waals surface area contributed by atoms with Crippen LogP contribution in [-0.4, -0.2) is 28.0 Å². The number of halogens is 3. The Kier molecular flexibility index (Phi) is 5.60. The molecule has 2 aromatic rings. The van der Waals surface area contributed by atoms with Crippen LogP contribution >= 0.6 is 0 Å². The minimum Gasteiger partial charge on any atom is -0.468 e. The molecule has 0 amide bonds. The van der Waals surface area contributed by atoms with E-state index in [1.54, 1.807) is 19.1 Å². The van der Waals surface area contributed by atoms with Gasteiger partial charge in [0.1, 0.15) is 6.54 Å². The molecule has 0 spiro atoms. The van der Waals surface area contributed by atoms with Crippen molar-refractivity contribution in [3.63, 3.8) is 0 Å². The van der Waals surface area contributed by atoms with Gasteiger partial charge in [-0.05, 0) is 43.3 Å². The highest BCUT2D eigenvalue weighted by molar-refractivity contribution is 7.92. The molecule has 0 atom stereocenters. The van der Waals surface area contributed by atoms with Gasteiger partial charge in [-0.1, -0.05) is 17.7 Å². The number of esters is 1. The van der Waals surface area contributed by atoms with Crippen molar-refractivity contribution in [3.05, 3.63) is 59.7 Å². The maximum absolute atomic E-state index is 12.9. The molecule has 0 N–H and O–H groups in total. The summed E-state index contributed by atoms with van der Waals surface area (Å²) in [5, 5.41) is 0. The number of carbonyl (C=O) groups excluding carboxylic acids is 1. The zero-order valence-corrected chi connectivity index (χ0v) is 14.8. The van der Waals surface area contributed by atoms with Gasteiger partial charge in [-0.25, -0.2) is 8.42 Å². The second-order valence-corrected chi connectivity index (χ2v) is 7.31. The van der Waals surface area contributed by atoms with Crippen LogP contribution in [0, 0.1) is 6.92 Å². The van der Waals surface area contributed by atoms with E-state index < -0.39 is 34.3 Å². The van der Waals surface area contributed by atoms with Gasteiger partial charge in [-0.2, -0.15) is 13.2 Å². The standard InChI is InChI=1S/C17H16F3NO4S/c1-12-3-9-15(10-4-12)26(23,24)21(11-16(22)25-2)14-7-5-13(6-8-14)17(18,19)20/h3-10H,11H2,1-2H3. The normalized spacial score (nSPS) is 11.9. The first-order chi connectivity index (χ1) is 12.1. The summed E-state index contributed by atoms with van der Waals surface area (Å²) in [6, 6.07) is 9.38. The fraction of sp³-hybridized carbons (Fsp3) is 0.235. The molecular formula is C17H16F3NO4S. The summed E-state index contributed by atoms with van der Waals surface area (Å²) in [5.74, 6) is -0.847. The number of rotatable bonds is 5. The second-order valence-electron chi connectivity index (χ2n) is 5.45. The van der Waals surface area contributed by atoms with Gasteiger partial charge in [0.2, 0.25) is 0 Å². The molecule has 0 aromatic heterocycles. The quantitative estimate of drug-likeness (QED) is 0.738. The molecule has 0 unspecified atom stereocenters. The molecule has 0 aliphatic carbocycles. The SMILES string of the molecule is COC(=O)CN(c1ccc(C(F)(F)F)cc1)S(=O)(=O)c1ccc(C)cc1. The predicted octanol–water partition coefficient (Wildman–Crippen LogP) is 3.38. The lowest BCUT2D eigenvalue weighted by atomic mass is 10.2. The van der Waals surface area contributed by atoms with Crippen molar-refractivity contribution in [3.8, 4) is 0 Å². The van der Waals surface area contributed by atoms with E-state index in [0.29, 0.717) is 4.31 Å². The summed E-state index contributed by atoms with van der Waals surface area (Å²) in [6.45, 7) is 1.11. The van der Waals surface area contributed by atoms with Crippen molar-refractivity contribution in [2.75, 3.05) is 18.0 Å². The van der Waals surface area contributed by atoms with Crippen LogP contribution in [0.5, 0.6) is 0 Å². The van der Waals surface area contributed by atoms with E-state index in [1.807, 2.05) is 0 Å². The average molecular weight is 387 g/mol. The van der Waals surface area contributed by atoms with Crippen LogP contribution in [-0.2, 0) is 25.7 Å². The second kappa shape index (κ2) is 7.36. The predicted molar refractivity (Wildman–Crippen MR) is 89.2 cm³/mol. The van der Waals surface area contributed by atoms with E-state index in [-0.39, 0.29) is 10.6 Å². The Morgan fingerprint density at radius 2 is 1.58 bits per heavy atom. The number of methoxy groups -OCH3 is 1. The van der Waals surface area contributed by atoms with Crippen LogP contribution in [0.2, 0.25) is 0 Å². The van der Waals surface area contributed by atoms with E-state index in [2.05, 4.69) is 4.74 Å². The lowest BCUT2D eigenvalue weighted by Crippen LogP contribution is -2.36. The van der Waals surface area contributed by atoms with Crippen LogP contribution in [0.4, 0.5) is 18.9 Å². The molecule has 140 valence electrons. The van der Waals surface area contributed by atoms with Crippen molar-refractivity contribution in [1.82, 2.24) is 0 Å². The molecule has 0 aliphatic heterocycles. The van der Waals surface area contributed by atoms with E-state index in [4.69, 9.17) is 0 Å². The molecule has 0 fully saturated rings. The van der Waals surface area contributed by atoms with Gasteiger partial charge in [0.05, 0.1) is 23.3 Å². The Morgan fingerprint density at radius 1 is 1.04 bits per heavy atom. The van der Waals surface area contributed by atoms with Crippen molar-refractivity contribution in [2.45, 2.75) is 18.0 Å². The summed E-state index contributed by atoms with van der Waals surface area (Å²) in [6.07, 6.45) is -4.55. The molecule has 2 aromatic carbocycles. The number of ether oxygens (including phenoxy) is 1. The minimum absolute atomic E-state index is 0.0797. The van der Waals surface area contributed by atoms with Gasteiger partial charge < -0.3 is 4.74 Å². The lowest BCUT2D eigenvalue weighted by Gasteiger charge is -2.23. The molecule has 9 heteroatoms. The fourth-order valence-electron chi connectivity index (χ4n) is 2.15. The third kappa shape index (κ3) is 4.34. The van der Waals surface area contributed by atoms with Gasteiger partial charge in [0.15, 0.2) is 0 Å². The third-order valence-corrected chi connectivity index (χ3v) is 5.38. The number of carbonyl (C=O) groups is 1. The Labute approximate surface area is 149 Å². The molecule has 2 rings (SSSR count). The number of aryl methyl sites for hydroxylation is 1. The van der Waals surface area contributed by atoms with Crippen LogP contribution < -0.4 is 4.31 Å². The molecule has 0 saturated heterocycles. The lowest BCUT2D eigenvalue weighted by molar-refractivity contribution is -0.139. The molecule has 0 heterocycles. The first-order valence-corrected chi connectivity index (χ1v) is 8.83. The Bertz CT molecular complexity index is 876. The maximum atomic E-state index is 12.9. The number of sulfonamides is 1. The Balaban J connectivity index is 2.49. The van der Waals surface area contributed by atoms with E-state index in [1.165, 1.54) is 12.1 Å². The average Bonchev–Trinajstić information content (AvgIpc) is 2.59. The first-order valence-electron chi connectivity index (χ1n) is 7.39. The van der Waals surface area contributed by atoms with Gasteiger partial charge >= 0.3 is 12.1 Å².